The summed E-state index contributed by atoms with van der Waals surface area (Å²) in [4.78, 5) is 17.2. The molecule has 1 aromatic carbocycles. The lowest BCUT2D eigenvalue weighted by Crippen LogP contribution is -2.50. The number of carbonyl (C=O) groups excluding carboxylic acids is 1. The highest BCUT2D eigenvalue weighted by Crippen LogP contribution is 2.27. The number of rotatable bonds is 3. The predicted octanol–water partition coefficient (Wildman–Crippen LogP) is 2.61. The Hall–Kier alpha value is -1.85. The van der Waals surface area contributed by atoms with E-state index in [0.717, 1.165) is 18.7 Å². The molecule has 0 N–H and O–H groups in total. The maximum absolute atomic E-state index is 13.0. The van der Waals surface area contributed by atoms with Crippen molar-refractivity contribution in [2.24, 2.45) is 0 Å². The van der Waals surface area contributed by atoms with Crippen LogP contribution >= 0.6 is 11.6 Å². The van der Waals surface area contributed by atoms with Gasteiger partial charge in [0.25, 0.3) is 0 Å². The Morgan fingerprint density at radius 1 is 1.30 bits per heavy atom. The average molecular weight is 333 g/mol. The Balaban J connectivity index is 1.84. The standard InChI is InChI=1S/C17H21ClN4O/c1-13(22-11-15(18)10-19-22)17(23)21-9-8-20(2)12-16(21)14-6-4-3-5-7-14/h3-7,10-11,13,16H,8-9,12H2,1-2H3/t13-,16+/m0/s1. The Kier molecular flexibility index (Phi) is 4.68. The van der Waals surface area contributed by atoms with E-state index < -0.39 is 0 Å². The minimum atomic E-state index is -0.364. The summed E-state index contributed by atoms with van der Waals surface area (Å²) in [6.45, 7) is 4.30. The zero-order valence-electron chi connectivity index (χ0n) is 13.4. The Morgan fingerprint density at radius 2 is 2.04 bits per heavy atom. The van der Waals surface area contributed by atoms with Crippen LogP contribution < -0.4 is 0 Å². The van der Waals surface area contributed by atoms with Crippen LogP contribution in [-0.4, -0.2) is 52.2 Å². The van der Waals surface area contributed by atoms with Gasteiger partial charge < -0.3 is 9.80 Å². The summed E-state index contributed by atoms with van der Waals surface area (Å²) in [5.41, 5.74) is 1.16. The third-order valence-corrected chi connectivity index (χ3v) is 4.57. The predicted molar refractivity (Wildman–Crippen MR) is 90.3 cm³/mol. The first-order chi connectivity index (χ1) is 11.1. The lowest BCUT2D eigenvalue weighted by molar-refractivity contribution is -0.139. The van der Waals surface area contributed by atoms with E-state index >= 15 is 0 Å². The third-order valence-electron chi connectivity index (χ3n) is 4.38. The van der Waals surface area contributed by atoms with Crippen molar-refractivity contribution in [1.29, 1.82) is 0 Å². The Labute approximate surface area is 141 Å². The van der Waals surface area contributed by atoms with E-state index in [1.54, 1.807) is 17.1 Å². The first-order valence-electron chi connectivity index (χ1n) is 7.80. The van der Waals surface area contributed by atoms with E-state index in [1.807, 2.05) is 30.0 Å². The quantitative estimate of drug-likeness (QED) is 0.867. The van der Waals surface area contributed by atoms with Crippen LogP contribution in [0.25, 0.3) is 0 Å². The van der Waals surface area contributed by atoms with Crippen molar-refractivity contribution in [3.8, 4) is 0 Å². The van der Waals surface area contributed by atoms with E-state index in [2.05, 4.69) is 29.2 Å². The lowest BCUT2D eigenvalue weighted by Gasteiger charge is -2.41. The number of amides is 1. The SMILES string of the molecule is C[C@@H](C(=O)N1CCN(C)C[C@@H]1c1ccccc1)n1cc(Cl)cn1. The highest BCUT2D eigenvalue weighted by Gasteiger charge is 2.33. The van der Waals surface area contributed by atoms with Crippen molar-refractivity contribution in [3.63, 3.8) is 0 Å². The van der Waals surface area contributed by atoms with Crippen LogP contribution in [0.3, 0.4) is 0 Å². The number of halogens is 1. The summed E-state index contributed by atoms with van der Waals surface area (Å²) >= 11 is 5.92. The molecule has 0 saturated carbocycles. The minimum absolute atomic E-state index is 0.0657. The average Bonchev–Trinajstić information content (AvgIpc) is 3.01. The van der Waals surface area contributed by atoms with Gasteiger partial charge in [0.2, 0.25) is 5.91 Å². The summed E-state index contributed by atoms with van der Waals surface area (Å²) in [5.74, 6) is 0.0757. The van der Waals surface area contributed by atoms with Gasteiger partial charge in [0.15, 0.2) is 0 Å². The van der Waals surface area contributed by atoms with Gasteiger partial charge in [-0.05, 0) is 19.5 Å². The fourth-order valence-corrected chi connectivity index (χ4v) is 3.17. The molecule has 1 aliphatic heterocycles. The van der Waals surface area contributed by atoms with Gasteiger partial charge in [-0.2, -0.15) is 5.10 Å². The smallest absolute Gasteiger partial charge is 0.247 e. The molecule has 1 aliphatic rings. The summed E-state index contributed by atoms with van der Waals surface area (Å²) in [5, 5.41) is 4.72. The lowest BCUT2D eigenvalue weighted by atomic mass is 10.0. The topological polar surface area (TPSA) is 41.4 Å². The van der Waals surface area contributed by atoms with Crippen LogP contribution in [-0.2, 0) is 4.79 Å². The summed E-state index contributed by atoms with van der Waals surface area (Å²) in [7, 11) is 2.09. The molecule has 5 nitrogen and oxygen atoms in total. The second-order valence-corrected chi connectivity index (χ2v) is 6.47. The van der Waals surface area contributed by atoms with E-state index in [9.17, 15) is 4.79 Å². The Morgan fingerprint density at radius 3 is 2.70 bits per heavy atom. The van der Waals surface area contributed by atoms with E-state index in [4.69, 9.17) is 11.6 Å². The number of aromatic nitrogens is 2. The minimum Gasteiger partial charge on any atom is -0.331 e. The number of carbonyl (C=O) groups is 1. The molecule has 0 unspecified atom stereocenters. The largest absolute Gasteiger partial charge is 0.331 e. The number of nitrogens with zero attached hydrogens (tertiary/aromatic N) is 4. The van der Waals surface area contributed by atoms with Gasteiger partial charge in [0, 0.05) is 25.8 Å². The van der Waals surface area contributed by atoms with Crippen molar-refractivity contribution < 1.29 is 4.79 Å². The van der Waals surface area contributed by atoms with Gasteiger partial charge in [0.05, 0.1) is 17.3 Å². The maximum atomic E-state index is 13.0. The van der Waals surface area contributed by atoms with Gasteiger partial charge in [-0.3, -0.25) is 9.48 Å². The van der Waals surface area contributed by atoms with Crippen molar-refractivity contribution in [2.75, 3.05) is 26.7 Å². The zero-order valence-corrected chi connectivity index (χ0v) is 14.1. The number of hydrogen-bond acceptors (Lipinski definition) is 3. The Bertz CT molecular complexity index is 672. The van der Waals surface area contributed by atoms with Gasteiger partial charge in [-0.1, -0.05) is 41.9 Å². The first-order valence-corrected chi connectivity index (χ1v) is 8.17. The molecule has 1 amide bonds. The second-order valence-electron chi connectivity index (χ2n) is 6.03. The molecule has 0 aliphatic carbocycles. The highest BCUT2D eigenvalue weighted by atomic mass is 35.5. The number of piperazine rings is 1. The second kappa shape index (κ2) is 6.72. The molecule has 122 valence electrons. The first kappa shape index (κ1) is 16.0. The van der Waals surface area contributed by atoms with E-state index in [1.165, 1.54) is 0 Å². The molecule has 0 radical (unpaired) electrons. The molecule has 6 heteroatoms. The van der Waals surface area contributed by atoms with Gasteiger partial charge >= 0.3 is 0 Å². The molecule has 0 spiro atoms. The van der Waals surface area contributed by atoms with Crippen LogP contribution in [0, 0.1) is 0 Å². The zero-order chi connectivity index (χ0) is 16.4. The summed E-state index contributed by atoms with van der Waals surface area (Å²) in [6.07, 6.45) is 3.25. The van der Waals surface area contributed by atoms with E-state index in [0.29, 0.717) is 11.6 Å². The fourth-order valence-electron chi connectivity index (χ4n) is 3.02. The van der Waals surface area contributed by atoms with Crippen LogP contribution in [0.2, 0.25) is 5.02 Å². The molecular formula is C17H21ClN4O. The molecule has 2 atom stereocenters. The molecule has 23 heavy (non-hydrogen) atoms. The monoisotopic (exact) mass is 332 g/mol. The fraction of sp³-hybridized carbons (Fsp3) is 0.412. The molecule has 3 rings (SSSR count). The normalized spacial score (nSPS) is 20.5. The van der Waals surface area contributed by atoms with E-state index in [-0.39, 0.29) is 18.0 Å². The number of hydrogen-bond donors (Lipinski definition) is 0. The van der Waals surface area contributed by atoms with Gasteiger partial charge in [-0.15, -0.1) is 0 Å². The summed E-state index contributed by atoms with van der Waals surface area (Å²) < 4.78 is 1.63. The van der Waals surface area contributed by atoms with Crippen LogP contribution in [0.5, 0.6) is 0 Å². The van der Waals surface area contributed by atoms with Crippen LogP contribution in [0.1, 0.15) is 24.6 Å². The molecule has 1 fully saturated rings. The number of benzene rings is 1. The van der Waals surface area contributed by atoms with Crippen molar-refractivity contribution in [3.05, 3.63) is 53.3 Å². The van der Waals surface area contributed by atoms with Crippen molar-refractivity contribution in [1.82, 2.24) is 19.6 Å². The van der Waals surface area contributed by atoms with Crippen molar-refractivity contribution >= 4 is 17.5 Å². The van der Waals surface area contributed by atoms with Gasteiger partial charge in [-0.25, -0.2) is 0 Å². The van der Waals surface area contributed by atoms with Gasteiger partial charge in [0.1, 0.15) is 6.04 Å². The molecule has 2 aromatic rings. The molecule has 1 saturated heterocycles. The van der Waals surface area contributed by atoms with Crippen molar-refractivity contribution in [2.45, 2.75) is 19.0 Å². The molecule has 1 aromatic heterocycles. The summed E-state index contributed by atoms with van der Waals surface area (Å²) in [6, 6.07) is 9.90. The highest BCUT2D eigenvalue weighted by molar-refractivity contribution is 6.30. The number of likely N-dealkylation sites (N-methyl/N-ethyl adjacent to an activating group) is 1. The molecule has 0 bridgehead atoms. The molecular weight excluding hydrogens is 312 g/mol. The third kappa shape index (κ3) is 3.41. The van der Waals surface area contributed by atoms with Crippen LogP contribution in [0.4, 0.5) is 0 Å². The maximum Gasteiger partial charge on any atom is 0.247 e. The van der Waals surface area contributed by atoms with Crippen LogP contribution in [0.15, 0.2) is 42.7 Å². The molecule has 2 heterocycles.